The van der Waals surface area contributed by atoms with Gasteiger partial charge in [0.15, 0.2) is 0 Å². The molecule has 0 saturated heterocycles. The highest BCUT2D eigenvalue weighted by molar-refractivity contribution is 5.97. The van der Waals surface area contributed by atoms with Gasteiger partial charge in [0, 0.05) is 5.56 Å². The Morgan fingerprint density at radius 1 is 1.39 bits per heavy atom. The van der Waals surface area contributed by atoms with E-state index in [9.17, 15) is 14.0 Å². The van der Waals surface area contributed by atoms with Crippen LogP contribution in [0.3, 0.4) is 0 Å². The molecule has 1 rings (SSSR count). The van der Waals surface area contributed by atoms with Gasteiger partial charge >= 0.3 is 5.97 Å². The van der Waals surface area contributed by atoms with E-state index in [1.54, 1.807) is 13.8 Å². The summed E-state index contributed by atoms with van der Waals surface area (Å²) in [5, 5.41) is 11.3. The first-order valence-electron chi connectivity index (χ1n) is 5.41. The Labute approximate surface area is 104 Å². The highest BCUT2D eigenvalue weighted by Gasteiger charge is 2.24. The van der Waals surface area contributed by atoms with Crippen LogP contribution in [-0.2, 0) is 4.79 Å². The van der Waals surface area contributed by atoms with Crippen LogP contribution < -0.4 is 11.1 Å². The summed E-state index contributed by atoms with van der Waals surface area (Å²) in [4.78, 5) is 22.7. The molecular formula is C12H15FN2O3. The number of halogens is 1. The van der Waals surface area contributed by atoms with Crippen LogP contribution in [0.1, 0.15) is 24.2 Å². The maximum atomic E-state index is 12.9. The molecule has 0 aromatic heterocycles. The second-order valence-corrected chi connectivity index (χ2v) is 4.27. The van der Waals surface area contributed by atoms with Crippen molar-refractivity contribution in [2.75, 3.05) is 5.73 Å². The van der Waals surface area contributed by atoms with Crippen molar-refractivity contribution in [3.8, 4) is 0 Å². The van der Waals surface area contributed by atoms with Crippen molar-refractivity contribution in [3.05, 3.63) is 29.6 Å². The first-order valence-corrected chi connectivity index (χ1v) is 5.41. The first-order chi connectivity index (χ1) is 8.32. The average molecular weight is 254 g/mol. The Kier molecular flexibility index (Phi) is 4.25. The van der Waals surface area contributed by atoms with E-state index in [0.717, 1.165) is 6.07 Å². The summed E-state index contributed by atoms with van der Waals surface area (Å²) in [6, 6.07) is 2.49. The molecule has 1 aromatic rings. The highest BCUT2D eigenvalue weighted by Crippen LogP contribution is 2.13. The SMILES string of the molecule is CC(C)C(NC(=O)c1ccc(F)c(N)c1)C(=O)O. The maximum Gasteiger partial charge on any atom is 0.326 e. The number of carbonyl (C=O) groups excluding carboxylic acids is 1. The molecular weight excluding hydrogens is 239 g/mol. The van der Waals surface area contributed by atoms with Gasteiger partial charge < -0.3 is 16.2 Å². The third-order valence-corrected chi connectivity index (χ3v) is 2.48. The summed E-state index contributed by atoms with van der Waals surface area (Å²) in [5.41, 5.74) is 5.31. The summed E-state index contributed by atoms with van der Waals surface area (Å²) < 4.78 is 12.9. The summed E-state index contributed by atoms with van der Waals surface area (Å²) in [6.45, 7) is 3.36. The van der Waals surface area contributed by atoms with E-state index in [0.29, 0.717) is 0 Å². The van der Waals surface area contributed by atoms with E-state index in [2.05, 4.69) is 5.32 Å². The smallest absolute Gasteiger partial charge is 0.326 e. The van der Waals surface area contributed by atoms with Gasteiger partial charge in [0.2, 0.25) is 0 Å². The average Bonchev–Trinajstić information content (AvgIpc) is 2.28. The maximum absolute atomic E-state index is 12.9. The molecule has 4 N–H and O–H groups in total. The van der Waals surface area contributed by atoms with Crippen molar-refractivity contribution in [1.29, 1.82) is 0 Å². The molecule has 1 amide bonds. The molecule has 0 aliphatic heterocycles. The number of hydrogen-bond donors (Lipinski definition) is 3. The standard InChI is InChI=1S/C12H15FN2O3/c1-6(2)10(12(17)18)15-11(16)7-3-4-8(13)9(14)5-7/h3-6,10H,14H2,1-2H3,(H,15,16)(H,17,18). The van der Waals surface area contributed by atoms with Gasteiger partial charge in [0.1, 0.15) is 11.9 Å². The number of hydrogen-bond acceptors (Lipinski definition) is 3. The number of nitrogens with one attached hydrogen (secondary N) is 1. The van der Waals surface area contributed by atoms with Crippen molar-refractivity contribution in [1.82, 2.24) is 5.32 Å². The third kappa shape index (κ3) is 3.19. The number of carbonyl (C=O) groups is 2. The Morgan fingerprint density at radius 3 is 2.44 bits per heavy atom. The van der Waals surface area contributed by atoms with E-state index in [-0.39, 0.29) is 17.2 Å². The molecule has 0 spiro atoms. The van der Waals surface area contributed by atoms with Crippen LogP contribution in [-0.4, -0.2) is 23.0 Å². The summed E-state index contributed by atoms with van der Waals surface area (Å²) in [5.74, 6) is -2.59. The molecule has 0 bridgehead atoms. The monoisotopic (exact) mass is 254 g/mol. The molecule has 0 aliphatic carbocycles. The molecule has 18 heavy (non-hydrogen) atoms. The number of amides is 1. The molecule has 0 radical (unpaired) electrons. The number of anilines is 1. The molecule has 0 saturated carbocycles. The van der Waals surface area contributed by atoms with Gasteiger partial charge in [-0.3, -0.25) is 4.79 Å². The van der Waals surface area contributed by atoms with Gasteiger partial charge in [-0.2, -0.15) is 0 Å². The Bertz CT molecular complexity index is 474. The topological polar surface area (TPSA) is 92.4 Å². The molecule has 1 atom stereocenters. The summed E-state index contributed by atoms with van der Waals surface area (Å²) >= 11 is 0. The molecule has 98 valence electrons. The van der Waals surface area contributed by atoms with E-state index in [4.69, 9.17) is 10.8 Å². The zero-order chi connectivity index (χ0) is 13.9. The number of nitrogen functional groups attached to an aromatic ring is 1. The van der Waals surface area contributed by atoms with Crippen LogP contribution in [0.4, 0.5) is 10.1 Å². The Morgan fingerprint density at radius 2 is 2.00 bits per heavy atom. The lowest BCUT2D eigenvalue weighted by Crippen LogP contribution is -2.44. The third-order valence-electron chi connectivity index (χ3n) is 2.48. The fraction of sp³-hybridized carbons (Fsp3) is 0.333. The molecule has 6 heteroatoms. The fourth-order valence-corrected chi connectivity index (χ4v) is 1.42. The molecule has 0 heterocycles. The van der Waals surface area contributed by atoms with Crippen LogP contribution in [0, 0.1) is 11.7 Å². The number of benzene rings is 1. The molecule has 5 nitrogen and oxygen atoms in total. The highest BCUT2D eigenvalue weighted by atomic mass is 19.1. The molecule has 0 aliphatic rings. The summed E-state index contributed by atoms with van der Waals surface area (Å²) in [6.07, 6.45) is 0. The quantitative estimate of drug-likeness (QED) is 0.705. The number of nitrogens with two attached hydrogens (primary N) is 1. The van der Waals surface area contributed by atoms with Gasteiger partial charge in [-0.1, -0.05) is 13.8 Å². The number of rotatable bonds is 4. The Hall–Kier alpha value is -2.11. The fourth-order valence-electron chi connectivity index (χ4n) is 1.42. The van der Waals surface area contributed by atoms with Crippen molar-refractivity contribution in [3.63, 3.8) is 0 Å². The van der Waals surface area contributed by atoms with E-state index in [1.807, 2.05) is 0 Å². The predicted octanol–water partition coefficient (Wildman–Crippen LogP) is 1.25. The minimum atomic E-state index is -1.12. The first kappa shape index (κ1) is 14.0. The van der Waals surface area contributed by atoms with Crippen molar-refractivity contribution in [2.45, 2.75) is 19.9 Å². The minimum Gasteiger partial charge on any atom is -0.480 e. The second kappa shape index (κ2) is 5.48. The van der Waals surface area contributed by atoms with E-state index < -0.39 is 23.7 Å². The van der Waals surface area contributed by atoms with Gasteiger partial charge in [0.05, 0.1) is 5.69 Å². The predicted molar refractivity (Wildman–Crippen MR) is 64.5 cm³/mol. The van der Waals surface area contributed by atoms with Crippen LogP contribution >= 0.6 is 0 Å². The van der Waals surface area contributed by atoms with Gasteiger partial charge in [-0.15, -0.1) is 0 Å². The summed E-state index contributed by atoms with van der Waals surface area (Å²) in [7, 11) is 0. The zero-order valence-corrected chi connectivity index (χ0v) is 10.1. The zero-order valence-electron chi connectivity index (χ0n) is 10.1. The van der Waals surface area contributed by atoms with Crippen LogP contribution in [0.2, 0.25) is 0 Å². The normalized spacial score (nSPS) is 12.2. The van der Waals surface area contributed by atoms with E-state index >= 15 is 0 Å². The molecule has 1 unspecified atom stereocenters. The Balaban J connectivity index is 2.87. The van der Waals surface area contributed by atoms with Crippen molar-refractivity contribution < 1.29 is 19.1 Å². The van der Waals surface area contributed by atoms with Crippen LogP contribution in [0.5, 0.6) is 0 Å². The molecule has 0 fully saturated rings. The lowest BCUT2D eigenvalue weighted by atomic mass is 10.0. The number of carboxylic acids is 1. The second-order valence-electron chi connectivity index (χ2n) is 4.27. The minimum absolute atomic E-state index is 0.126. The van der Waals surface area contributed by atoms with Gasteiger partial charge in [-0.25, -0.2) is 9.18 Å². The largest absolute Gasteiger partial charge is 0.480 e. The van der Waals surface area contributed by atoms with Crippen molar-refractivity contribution >= 4 is 17.6 Å². The van der Waals surface area contributed by atoms with Crippen LogP contribution in [0.15, 0.2) is 18.2 Å². The van der Waals surface area contributed by atoms with Gasteiger partial charge in [-0.05, 0) is 24.1 Å². The lowest BCUT2D eigenvalue weighted by Gasteiger charge is -2.17. The number of carboxylic acid groups (broad SMARTS) is 1. The van der Waals surface area contributed by atoms with Crippen molar-refractivity contribution in [2.24, 2.45) is 5.92 Å². The van der Waals surface area contributed by atoms with Gasteiger partial charge in [0.25, 0.3) is 5.91 Å². The molecule has 1 aromatic carbocycles. The lowest BCUT2D eigenvalue weighted by molar-refractivity contribution is -0.140. The van der Waals surface area contributed by atoms with E-state index in [1.165, 1.54) is 12.1 Å². The van der Waals surface area contributed by atoms with Crippen LogP contribution in [0.25, 0.3) is 0 Å². The number of aliphatic carboxylic acids is 1.